The molecule has 162 valence electrons. The SMILES string of the molecule is Cc1ccc(O[C@@H](CCN2CCN(Cc3ccccc3)CC2)c2cccc(Cl)c2)cc1. The van der Waals surface area contributed by atoms with Gasteiger partial charge < -0.3 is 9.64 Å². The van der Waals surface area contributed by atoms with E-state index in [2.05, 4.69) is 77.4 Å². The molecule has 1 fully saturated rings. The molecular formula is C27H31ClN2O. The van der Waals surface area contributed by atoms with Crippen molar-refractivity contribution in [2.45, 2.75) is 26.0 Å². The lowest BCUT2D eigenvalue weighted by atomic mass is 10.1. The number of nitrogens with zero attached hydrogens (tertiary/aromatic N) is 2. The summed E-state index contributed by atoms with van der Waals surface area (Å²) in [6, 6.07) is 27.1. The number of benzene rings is 3. The molecule has 31 heavy (non-hydrogen) atoms. The Balaban J connectivity index is 1.33. The molecule has 1 aliphatic rings. The topological polar surface area (TPSA) is 15.7 Å². The lowest BCUT2D eigenvalue weighted by Crippen LogP contribution is -2.46. The zero-order valence-electron chi connectivity index (χ0n) is 18.2. The van der Waals surface area contributed by atoms with E-state index >= 15 is 0 Å². The van der Waals surface area contributed by atoms with Crippen LogP contribution in [0.15, 0.2) is 78.9 Å². The summed E-state index contributed by atoms with van der Waals surface area (Å²) in [6.45, 7) is 8.55. The second kappa shape index (κ2) is 10.8. The average Bonchev–Trinajstić information content (AvgIpc) is 2.79. The third-order valence-electron chi connectivity index (χ3n) is 5.94. The van der Waals surface area contributed by atoms with Crippen LogP contribution in [-0.4, -0.2) is 42.5 Å². The Morgan fingerprint density at radius 3 is 2.26 bits per heavy atom. The van der Waals surface area contributed by atoms with Gasteiger partial charge in [0.2, 0.25) is 0 Å². The van der Waals surface area contributed by atoms with Gasteiger partial charge in [-0.1, -0.05) is 71.8 Å². The Hall–Kier alpha value is -2.33. The minimum atomic E-state index is -0.0104. The van der Waals surface area contributed by atoms with Gasteiger partial charge in [-0.15, -0.1) is 0 Å². The van der Waals surface area contributed by atoms with E-state index in [-0.39, 0.29) is 6.10 Å². The first-order chi connectivity index (χ1) is 15.2. The minimum absolute atomic E-state index is 0.0104. The summed E-state index contributed by atoms with van der Waals surface area (Å²) in [5.41, 5.74) is 3.76. The summed E-state index contributed by atoms with van der Waals surface area (Å²) in [5.74, 6) is 0.906. The van der Waals surface area contributed by atoms with E-state index in [4.69, 9.17) is 16.3 Å². The first-order valence-corrected chi connectivity index (χ1v) is 11.5. The molecule has 1 atom stereocenters. The number of halogens is 1. The normalized spacial score (nSPS) is 16.2. The van der Waals surface area contributed by atoms with Crippen LogP contribution in [0.4, 0.5) is 0 Å². The van der Waals surface area contributed by atoms with E-state index < -0.39 is 0 Å². The number of hydrogen-bond donors (Lipinski definition) is 0. The molecule has 4 heteroatoms. The molecule has 1 saturated heterocycles. The maximum atomic E-state index is 6.41. The highest BCUT2D eigenvalue weighted by Gasteiger charge is 2.20. The van der Waals surface area contributed by atoms with E-state index in [1.165, 1.54) is 11.1 Å². The molecule has 4 rings (SSSR count). The number of ether oxygens (including phenoxy) is 1. The van der Waals surface area contributed by atoms with Crippen LogP contribution in [0.1, 0.15) is 29.2 Å². The molecule has 0 aromatic heterocycles. The van der Waals surface area contributed by atoms with E-state index in [1.54, 1.807) is 0 Å². The fraction of sp³-hybridized carbons (Fsp3) is 0.333. The largest absolute Gasteiger partial charge is 0.486 e. The van der Waals surface area contributed by atoms with E-state index in [9.17, 15) is 0 Å². The molecule has 0 N–H and O–H groups in total. The summed E-state index contributed by atoms with van der Waals surface area (Å²) in [7, 11) is 0. The molecule has 1 aliphatic heterocycles. The monoisotopic (exact) mass is 434 g/mol. The standard InChI is InChI=1S/C27H31ClN2O/c1-22-10-12-26(13-11-22)31-27(24-8-5-9-25(28)20-24)14-15-29-16-18-30(19-17-29)21-23-6-3-2-4-7-23/h2-13,20,27H,14-19,21H2,1H3/t27-/m0/s1. The van der Waals surface area contributed by atoms with Crippen molar-refractivity contribution >= 4 is 11.6 Å². The Morgan fingerprint density at radius 2 is 1.55 bits per heavy atom. The van der Waals surface area contributed by atoms with E-state index in [0.717, 1.165) is 62.0 Å². The smallest absolute Gasteiger partial charge is 0.125 e. The maximum absolute atomic E-state index is 6.41. The molecule has 0 unspecified atom stereocenters. The van der Waals surface area contributed by atoms with Gasteiger partial charge in [0.05, 0.1) is 0 Å². The first kappa shape index (κ1) is 21.9. The summed E-state index contributed by atoms with van der Waals surface area (Å²) in [5, 5.41) is 0.754. The molecule has 0 bridgehead atoms. The van der Waals surface area contributed by atoms with Crippen molar-refractivity contribution in [2.24, 2.45) is 0 Å². The van der Waals surface area contributed by atoms with Crippen LogP contribution in [0, 0.1) is 6.92 Å². The number of aryl methyl sites for hydroxylation is 1. The van der Waals surface area contributed by atoms with Crippen LogP contribution in [0.2, 0.25) is 5.02 Å². The highest BCUT2D eigenvalue weighted by Crippen LogP contribution is 2.27. The number of piperazine rings is 1. The molecule has 1 heterocycles. The van der Waals surface area contributed by atoms with Crippen LogP contribution in [0.3, 0.4) is 0 Å². The van der Waals surface area contributed by atoms with Crippen LogP contribution >= 0.6 is 11.6 Å². The van der Waals surface area contributed by atoms with Gasteiger partial charge in [0, 0.05) is 50.7 Å². The van der Waals surface area contributed by atoms with Gasteiger partial charge in [-0.25, -0.2) is 0 Å². The van der Waals surface area contributed by atoms with Crippen LogP contribution in [0.25, 0.3) is 0 Å². The van der Waals surface area contributed by atoms with Crippen molar-refractivity contribution in [1.82, 2.24) is 9.80 Å². The van der Waals surface area contributed by atoms with Crippen LogP contribution < -0.4 is 4.74 Å². The van der Waals surface area contributed by atoms with Crippen LogP contribution in [-0.2, 0) is 6.54 Å². The quantitative estimate of drug-likeness (QED) is 0.434. The molecule has 3 aromatic rings. The van der Waals surface area contributed by atoms with Gasteiger partial charge in [-0.05, 0) is 42.3 Å². The summed E-state index contributed by atoms with van der Waals surface area (Å²) >= 11 is 6.27. The molecule has 0 saturated carbocycles. The fourth-order valence-electron chi connectivity index (χ4n) is 4.09. The molecule has 0 radical (unpaired) electrons. The molecule has 0 aliphatic carbocycles. The highest BCUT2D eigenvalue weighted by molar-refractivity contribution is 6.30. The predicted molar refractivity (Wildman–Crippen MR) is 129 cm³/mol. The molecule has 3 nitrogen and oxygen atoms in total. The lowest BCUT2D eigenvalue weighted by molar-refractivity contribution is 0.107. The Labute approximate surface area is 191 Å². The van der Waals surface area contributed by atoms with Gasteiger partial charge >= 0.3 is 0 Å². The van der Waals surface area contributed by atoms with E-state index in [0.29, 0.717) is 0 Å². The second-order valence-corrected chi connectivity index (χ2v) is 8.80. The van der Waals surface area contributed by atoms with Gasteiger partial charge in [-0.3, -0.25) is 4.90 Å². The third kappa shape index (κ3) is 6.57. The highest BCUT2D eigenvalue weighted by atomic mass is 35.5. The minimum Gasteiger partial charge on any atom is -0.486 e. The van der Waals surface area contributed by atoms with Gasteiger partial charge in [0.15, 0.2) is 0 Å². The molecule has 0 spiro atoms. The Morgan fingerprint density at radius 1 is 0.839 bits per heavy atom. The van der Waals surface area contributed by atoms with Crippen molar-refractivity contribution in [2.75, 3.05) is 32.7 Å². The average molecular weight is 435 g/mol. The maximum Gasteiger partial charge on any atom is 0.125 e. The first-order valence-electron chi connectivity index (χ1n) is 11.1. The van der Waals surface area contributed by atoms with Crippen molar-refractivity contribution in [3.63, 3.8) is 0 Å². The zero-order chi connectivity index (χ0) is 21.5. The summed E-state index contributed by atoms with van der Waals surface area (Å²) in [6.07, 6.45) is 0.927. The third-order valence-corrected chi connectivity index (χ3v) is 6.18. The predicted octanol–water partition coefficient (Wildman–Crippen LogP) is 5.98. The van der Waals surface area contributed by atoms with Crippen LogP contribution in [0.5, 0.6) is 5.75 Å². The fourth-order valence-corrected chi connectivity index (χ4v) is 4.29. The van der Waals surface area contributed by atoms with Gasteiger partial charge in [0.1, 0.15) is 11.9 Å². The Kier molecular flexibility index (Phi) is 7.63. The van der Waals surface area contributed by atoms with E-state index in [1.807, 2.05) is 18.2 Å². The number of rotatable bonds is 8. The van der Waals surface area contributed by atoms with Gasteiger partial charge in [-0.2, -0.15) is 0 Å². The zero-order valence-corrected chi connectivity index (χ0v) is 19.0. The van der Waals surface area contributed by atoms with Gasteiger partial charge in [0.25, 0.3) is 0 Å². The van der Waals surface area contributed by atoms with Crippen molar-refractivity contribution in [1.29, 1.82) is 0 Å². The van der Waals surface area contributed by atoms with Crippen molar-refractivity contribution in [3.05, 3.63) is 101 Å². The molecule has 3 aromatic carbocycles. The van der Waals surface area contributed by atoms with Crippen molar-refractivity contribution < 1.29 is 4.74 Å². The number of hydrogen-bond acceptors (Lipinski definition) is 3. The second-order valence-electron chi connectivity index (χ2n) is 8.37. The summed E-state index contributed by atoms with van der Waals surface area (Å²) in [4.78, 5) is 5.10. The molecular weight excluding hydrogens is 404 g/mol. The van der Waals surface area contributed by atoms with Crippen molar-refractivity contribution in [3.8, 4) is 5.75 Å². The lowest BCUT2D eigenvalue weighted by Gasteiger charge is -2.35. The Bertz CT molecular complexity index is 937. The summed E-state index contributed by atoms with van der Waals surface area (Å²) < 4.78 is 6.41. The molecule has 0 amide bonds.